The molecule has 0 bridgehead atoms. The summed E-state index contributed by atoms with van der Waals surface area (Å²) in [5.74, 6) is 11.4. The van der Waals surface area contributed by atoms with Gasteiger partial charge in [0.15, 0.2) is 0 Å². The zero-order valence-electron chi connectivity index (χ0n) is 9.68. The molecular formula is C13H17ClN2. The van der Waals surface area contributed by atoms with Crippen molar-refractivity contribution in [3.8, 4) is 11.8 Å². The molecule has 0 spiro atoms. The Bertz CT molecular complexity index is 404. The van der Waals surface area contributed by atoms with Crippen LogP contribution in [-0.4, -0.2) is 0 Å². The molecule has 0 heterocycles. The van der Waals surface area contributed by atoms with Crippen LogP contribution in [0.1, 0.15) is 36.9 Å². The van der Waals surface area contributed by atoms with E-state index in [0.717, 1.165) is 29.0 Å². The van der Waals surface area contributed by atoms with E-state index in [2.05, 4.69) is 17.3 Å². The number of halogens is 1. The zero-order chi connectivity index (χ0) is 12.0. The predicted molar refractivity (Wildman–Crippen MR) is 68.9 cm³/mol. The molecule has 1 unspecified atom stereocenters. The van der Waals surface area contributed by atoms with E-state index in [9.17, 15) is 0 Å². The van der Waals surface area contributed by atoms with E-state index < -0.39 is 0 Å². The average Bonchev–Trinajstić information content (AvgIpc) is 2.26. The molecule has 0 aliphatic rings. The summed E-state index contributed by atoms with van der Waals surface area (Å²) < 4.78 is 0. The van der Waals surface area contributed by atoms with Crippen molar-refractivity contribution in [2.75, 3.05) is 0 Å². The molecule has 0 radical (unpaired) electrons. The maximum absolute atomic E-state index is 6.18. The number of benzene rings is 1. The number of hydrogen-bond donors (Lipinski definition) is 2. The molecule has 0 saturated heterocycles. The lowest BCUT2D eigenvalue weighted by Crippen LogP contribution is -2.28. The van der Waals surface area contributed by atoms with E-state index in [1.807, 2.05) is 32.0 Å². The van der Waals surface area contributed by atoms with E-state index in [0.29, 0.717) is 0 Å². The second-order valence-corrected chi connectivity index (χ2v) is 4.12. The molecule has 1 rings (SSSR count). The minimum Gasteiger partial charge on any atom is -0.271 e. The summed E-state index contributed by atoms with van der Waals surface area (Å²) in [4.78, 5) is 0. The van der Waals surface area contributed by atoms with Gasteiger partial charge in [0.2, 0.25) is 0 Å². The van der Waals surface area contributed by atoms with Gasteiger partial charge in [0.05, 0.1) is 0 Å². The highest BCUT2D eigenvalue weighted by atomic mass is 35.5. The van der Waals surface area contributed by atoms with Crippen molar-refractivity contribution >= 4 is 11.6 Å². The standard InChI is InChI=1S/C13H17ClN2/c1-3-4-5-6-13(16-15)11-8-7-10(2)9-12(11)14/h7-9,13,16H,5-6,15H2,1-2H3. The molecule has 0 aliphatic heterocycles. The van der Waals surface area contributed by atoms with Gasteiger partial charge in [-0.3, -0.25) is 11.3 Å². The highest BCUT2D eigenvalue weighted by Crippen LogP contribution is 2.26. The molecule has 1 aromatic rings. The Morgan fingerprint density at radius 3 is 2.81 bits per heavy atom. The van der Waals surface area contributed by atoms with Crippen LogP contribution < -0.4 is 11.3 Å². The molecular weight excluding hydrogens is 220 g/mol. The van der Waals surface area contributed by atoms with E-state index in [1.165, 1.54) is 0 Å². The summed E-state index contributed by atoms with van der Waals surface area (Å²) in [5, 5.41) is 0.757. The minimum atomic E-state index is 0.0638. The molecule has 86 valence electrons. The van der Waals surface area contributed by atoms with Crippen LogP contribution in [0.4, 0.5) is 0 Å². The predicted octanol–water partition coefficient (Wildman–Crippen LogP) is 2.96. The van der Waals surface area contributed by atoms with Crippen molar-refractivity contribution in [1.29, 1.82) is 0 Å². The highest BCUT2D eigenvalue weighted by Gasteiger charge is 2.12. The van der Waals surface area contributed by atoms with Crippen LogP contribution in [0, 0.1) is 18.8 Å². The monoisotopic (exact) mass is 236 g/mol. The van der Waals surface area contributed by atoms with Crippen molar-refractivity contribution in [1.82, 2.24) is 5.43 Å². The molecule has 0 aliphatic carbocycles. The van der Waals surface area contributed by atoms with Crippen LogP contribution in [0.25, 0.3) is 0 Å². The quantitative estimate of drug-likeness (QED) is 0.479. The Morgan fingerprint density at radius 2 is 2.25 bits per heavy atom. The van der Waals surface area contributed by atoms with E-state index in [-0.39, 0.29) is 6.04 Å². The first kappa shape index (κ1) is 13.1. The van der Waals surface area contributed by atoms with Gasteiger partial charge in [0, 0.05) is 17.5 Å². The Morgan fingerprint density at radius 1 is 1.50 bits per heavy atom. The molecule has 0 fully saturated rings. The number of hydrazine groups is 1. The molecule has 3 N–H and O–H groups in total. The fraction of sp³-hybridized carbons (Fsp3) is 0.385. The van der Waals surface area contributed by atoms with Crippen molar-refractivity contribution in [3.63, 3.8) is 0 Å². The first-order chi connectivity index (χ1) is 7.69. The average molecular weight is 237 g/mol. The summed E-state index contributed by atoms with van der Waals surface area (Å²) in [6.07, 6.45) is 1.68. The second kappa shape index (κ2) is 6.55. The van der Waals surface area contributed by atoms with Gasteiger partial charge < -0.3 is 0 Å². The first-order valence-corrected chi connectivity index (χ1v) is 5.68. The fourth-order valence-electron chi connectivity index (χ4n) is 1.58. The highest BCUT2D eigenvalue weighted by molar-refractivity contribution is 6.31. The van der Waals surface area contributed by atoms with E-state index in [4.69, 9.17) is 17.4 Å². The van der Waals surface area contributed by atoms with Crippen molar-refractivity contribution < 1.29 is 0 Å². The zero-order valence-corrected chi connectivity index (χ0v) is 10.4. The van der Waals surface area contributed by atoms with Crippen LogP contribution in [0.15, 0.2) is 18.2 Å². The van der Waals surface area contributed by atoms with Gasteiger partial charge in [0.25, 0.3) is 0 Å². The van der Waals surface area contributed by atoms with Crippen LogP contribution in [0.5, 0.6) is 0 Å². The molecule has 3 heteroatoms. The SMILES string of the molecule is CC#CCCC(NN)c1ccc(C)cc1Cl. The van der Waals surface area contributed by atoms with Gasteiger partial charge >= 0.3 is 0 Å². The Kier molecular flexibility index (Phi) is 5.34. The lowest BCUT2D eigenvalue weighted by Gasteiger charge is -2.16. The van der Waals surface area contributed by atoms with Gasteiger partial charge in [-0.05, 0) is 37.5 Å². The van der Waals surface area contributed by atoms with Gasteiger partial charge in [-0.2, -0.15) is 0 Å². The maximum atomic E-state index is 6.18. The smallest absolute Gasteiger partial charge is 0.0483 e. The van der Waals surface area contributed by atoms with Crippen LogP contribution in [0.2, 0.25) is 5.02 Å². The maximum Gasteiger partial charge on any atom is 0.0483 e. The minimum absolute atomic E-state index is 0.0638. The van der Waals surface area contributed by atoms with E-state index >= 15 is 0 Å². The summed E-state index contributed by atoms with van der Waals surface area (Å²) in [7, 11) is 0. The number of aryl methyl sites for hydroxylation is 1. The third kappa shape index (κ3) is 3.53. The summed E-state index contributed by atoms with van der Waals surface area (Å²) in [5.41, 5.74) is 4.97. The topological polar surface area (TPSA) is 38.0 Å². The van der Waals surface area contributed by atoms with E-state index in [1.54, 1.807) is 0 Å². The summed E-state index contributed by atoms with van der Waals surface area (Å²) in [6, 6.07) is 6.07. The number of hydrogen-bond acceptors (Lipinski definition) is 2. The fourth-order valence-corrected chi connectivity index (χ4v) is 1.95. The van der Waals surface area contributed by atoms with Crippen LogP contribution >= 0.6 is 11.6 Å². The van der Waals surface area contributed by atoms with Gasteiger partial charge in [-0.15, -0.1) is 11.8 Å². The molecule has 0 aromatic heterocycles. The third-order valence-corrected chi connectivity index (χ3v) is 2.79. The Hall–Kier alpha value is -1.01. The van der Waals surface area contributed by atoms with Gasteiger partial charge in [0.1, 0.15) is 0 Å². The Balaban J connectivity index is 2.80. The van der Waals surface area contributed by atoms with Gasteiger partial charge in [-0.25, -0.2) is 0 Å². The molecule has 0 amide bonds. The normalized spacial score (nSPS) is 11.8. The number of nitrogens with two attached hydrogens (primary N) is 1. The lowest BCUT2D eigenvalue weighted by molar-refractivity contribution is 0.524. The molecule has 1 aromatic carbocycles. The number of rotatable bonds is 4. The van der Waals surface area contributed by atoms with Crippen molar-refractivity contribution in [2.24, 2.45) is 5.84 Å². The first-order valence-electron chi connectivity index (χ1n) is 5.30. The Labute approximate surface area is 102 Å². The second-order valence-electron chi connectivity index (χ2n) is 3.71. The summed E-state index contributed by atoms with van der Waals surface area (Å²) >= 11 is 6.18. The summed E-state index contributed by atoms with van der Waals surface area (Å²) in [6.45, 7) is 3.85. The van der Waals surface area contributed by atoms with Crippen molar-refractivity contribution in [2.45, 2.75) is 32.7 Å². The lowest BCUT2D eigenvalue weighted by atomic mass is 10.0. The van der Waals surface area contributed by atoms with Crippen LogP contribution in [0.3, 0.4) is 0 Å². The molecule has 2 nitrogen and oxygen atoms in total. The molecule has 16 heavy (non-hydrogen) atoms. The molecule has 0 saturated carbocycles. The van der Waals surface area contributed by atoms with Crippen molar-refractivity contribution in [3.05, 3.63) is 34.3 Å². The van der Waals surface area contributed by atoms with Gasteiger partial charge in [-0.1, -0.05) is 23.7 Å². The molecule has 1 atom stereocenters. The number of nitrogens with one attached hydrogen (secondary N) is 1. The largest absolute Gasteiger partial charge is 0.271 e. The third-order valence-electron chi connectivity index (χ3n) is 2.47. The van der Waals surface area contributed by atoms with Crippen LogP contribution in [-0.2, 0) is 0 Å².